The first kappa shape index (κ1) is 12.1. The van der Waals surface area contributed by atoms with Crippen LogP contribution in [0.15, 0.2) is 45.5 Å². The van der Waals surface area contributed by atoms with Gasteiger partial charge in [0.05, 0.1) is 12.0 Å². The molecule has 0 saturated carbocycles. The average Bonchev–Trinajstić information content (AvgIpc) is 2.81. The number of furan rings is 1. The number of aliphatic hydroxyl groups is 1. The van der Waals surface area contributed by atoms with E-state index in [1.54, 1.807) is 24.3 Å². The maximum absolute atomic E-state index is 13.4. The Bertz CT molecular complexity index is 487. The molecule has 1 unspecified atom stereocenters. The van der Waals surface area contributed by atoms with E-state index in [0.29, 0.717) is 15.9 Å². The first-order valence-electron chi connectivity index (χ1n) is 5.07. The van der Waals surface area contributed by atoms with Crippen molar-refractivity contribution in [3.05, 3.63) is 52.6 Å². The van der Waals surface area contributed by atoms with Gasteiger partial charge >= 0.3 is 0 Å². The van der Waals surface area contributed by atoms with Crippen molar-refractivity contribution in [1.82, 2.24) is 0 Å². The van der Waals surface area contributed by atoms with E-state index in [0.717, 1.165) is 0 Å². The number of nitrogens with one attached hydrogen (secondary N) is 1. The molecule has 0 radical (unpaired) electrons. The summed E-state index contributed by atoms with van der Waals surface area (Å²) >= 11 is 3.18. The monoisotopic (exact) mass is 299 g/mol. The highest BCUT2D eigenvalue weighted by molar-refractivity contribution is 9.10. The van der Waals surface area contributed by atoms with Crippen molar-refractivity contribution in [3.63, 3.8) is 0 Å². The third kappa shape index (κ3) is 3.08. The molecule has 5 heteroatoms. The van der Waals surface area contributed by atoms with E-state index in [2.05, 4.69) is 21.2 Å². The lowest BCUT2D eigenvalue weighted by Crippen LogP contribution is -2.12. The molecule has 0 aliphatic carbocycles. The molecule has 1 heterocycles. The molecule has 0 aliphatic rings. The lowest BCUT2D eigenvalue weighted by atomic mass is 10.2. The Labute approximate surface area is 106 Å². The van der Waals surface area contributed by atoms with Crippen molar-refractivity contribution >= 4 is 21.6 Å². The van der Waals surface area contributed by atoms with Crippen molar-refractivity contribution in [2.75, 3.05) is 11.9 Å². The number of anilines is 1. The molecule has 1 aromatic heterocycles. The zero-order valence-electron chi connectivity index (χ0n) is 8.86. The van der Waals surface area contributed by atoms with Gasteiger partial charge in [-0.1, -0.05) is 15.9 Å². The van der Waals surface area contributed by atoms with Gasteiger partial charge in [0, 0.05) is 11.0 Å². The normalized spacial score (nSPS) is 12.4. The van der Waals surface area contributed by atoms with Crippen LogP contribution in [0.3, 0.4) is 0 Å². The Kier molecular flexibility index (Phi) is 3.81. The number of aliphatic hydroxyl groups excluding tert-OH is 1. The van der Waals surface area contributed by atoms with Crippen molar-refractivity contribution in [2.45, 2.75) is 6.10 Å². The molecule has 0 fully saturated rings. The van der Waals surface area contributed by atoms with Gasteiger partial charge in [-0.2, -0.15) is 0 Å². The molecule has 1 atom stereocenters. The zero-order chi connectivity index (χ0) is 12.3. The summed E-state index contributed by atoms with van der Waals surface area (Å²) < 4.78 is 19.2. The number of rotatable bonds is 4. The van der Waals surface area contributed by atoms with Crippen molar-refractivity contribution < 1.29 is 13.9 Å². The summed E-state index contributed by atoms with van der Waals surface area (Å²) in [6.07, 6.45) is 0.687. The molecule has 2 rings (SSSR count). The van der Waals surface area contributed by atoms with Crippen LogP contribution in [0, 0.1) is 5.82 Å². The van der Waals surface area contributed by atoms with Gasteiger partial charge in [0.1, 0.15) is 17.7 Å². The van der Waals surface area contributed by atoms with E-state index >= 15 is 0 Å². The van der Waals surface area contributed by atoms with Crippen molar-refractivity contribution in [3.8, 4) is 0 Å². The highest BCUT2D eigenvalue weighted by atomic mass is 79.9. The van der Waals surface area contributed by atoms with Gasteiger partial charge in [0.2, 0.25) is 0 Å². The fraction of sp³-hybridized carbons (Fsp3) is 0.167. The Morgan fingerprint density at radius 1 is 1.41 bits per heavy atom. The average molecular weight is 300 g/mol. The second-order valence-corrected chi connectivity index (χ2v) is 4.45. The predicted molar refractivity (Wildman–Crippen MR) is 66.3 cm³/mol. The van der Waals surface area contributed by atoms with Crippen LogP contribution in [0.2, 0.25) is 0 Å². The summed E-state index contributed by atoms with van der Waals surface area (Å²) in [6.45, 7) is 0.187. The highest BCUT2D eigenvalue weighted by Crippen LogP contribution is 2.20. The van der Waals surface area contributed by atoms with Gasteiger partial charge in [-0.3, -0.25) is 0 Å². The predicted octanol–water partition coefficient (Wildman–Crippen LogP) is 3.33. The van der Waals surface area contributed by atoms with Crippen LogP contribution >= 0.6 is 15.9 Å². The summed E-state index contributed by atoms with van der Waals surface area (Å²) in [4.78, 5) is 0. The molecular formula is C12H11BrFNO2. The standard InChI is InChI=1S/C12H11BrFNO2/c13-8-3-4-10(9(14)6-8)15-7-11(16)12-2-1-5-17-12/h1-6,11,15-16H,7H2. The fourth-order valence-corrected chi connectivity index (χ4v) is 1.75. The topological polar surface area (TPSA) is 45.4 Å². The van der Waals surface area contributed by atoms with Crippen LogP contribution in [-0.2, 0) is 0 Å². The van der Waals surface area contributed by atoms with Gasteiger partial charge in [0.15, 0.2) is 0 Å². The minimum atomic E-state index is -0.798. The van der Waals surface area contributed by atoms with E-state index in [1.807, 2.05) is 0 Å². The minimum Gasteiger partial charge on any atom is -0.467 e. The minimum absolute atomic E-state index is 0.187. The summed E-state index contributed by atoms with van der Waals surface area (Å²) in [7, 11) is 0. The van der Waals surface area contributed by atoms with Crippen LogP contribution in [-0.4, -0.2) is 11.7 Å². The first-order chi connectivity index (χ1) is 8.16. The second-order valence-electron chi connectivity index (χ2n) is 3.54. The second kappa shape index (κ2) is 5.33. The Morgan fingerprint density at radius 2 is 2.24 bits per heavy atom. The molecule has 0 spiro atoms. The largest absolute Gasteiger partial charge is 0.467 e. The molecule has 0 bridgehead atoms. The lowest BCUT2D eigenvalue weighted by molar-refractivity contribution is 0.162. The van der Waals surface area contributed by atoms with Crippen LogP contribution in [0.1, 0.15) is 11.9 Å². The molecule has 0 saturated heterocycles. The summed E-state index contributed by atoms with van der Waals surface area (Å²) in [5.41, 5.74) is 0.346. The number of hydrogen-bond acceptors (Lipinski definition) is 3. The number of benzene rings is 1. The molecule has 0 aliphatic heterocycles. The molecule has 0 amide bonds. The van der Waals surface area contributed by atoms with Gasteiger partial charge in [-0.15, -0.1) is 0 Å². The van der Waals surface area contributed by atoms with Crippen molar-refractivity contribution in [2.24, 2.45) is 0 Å². The van der Waals surface area contributed by atoms with E-state index in [-0.39, 0.29) is 12.4 Å². The Morgan fingerprint density at radius 3 is 2.88 bits per heavy atom. The third-order valence-electron chi connectivity index (χ3n) is 2.29. The molecule has 3 nitrogen and oxygen atoms in total. The fourth-order valence-electron chi connectivity index (χ4n) is 1.42. The first-order valence-corrected chi connectivity index (χ1v) is 5.86. The van der Waals surface area contributed by atoms with Gasteiger partial charge in [0.25, 0.3) is 0 Å². The quantitative estimate of drug-likeness (QED) is 0.910. The van der Waals surface area contributed by atoms with Crippen LogP contribution in [0.25, 0.3) is 0 Å². The van der Waals surface area contributed by atoms with E-state index < -0.39 is 6.10 Å². The number of hydrogen-bond donors (Lipinski definition) is 2. The van der Waals surface area contributed by atoms with Crippen LogP contribution < -0.4 is 5.32 Å². The smallest absolute Gasteiger partial charge is 0.147 e. The van der Waals surface area contributed by atoms with E-state index in [4.69, 9.17) is 4.42 Å². The van der Waals surface area contributed by atoms with Gasteiger partial charge < -0.3 is 14.8 Å². The summed E-state index contributed by atoms with van der Waals surface area (Å²) in [5.74, 6) is 0.0843. The van der Waals surface area contributed by atoms with E-state index in [1.165, 1.54) is 12.3 Å². The molecular weight excluding hydrogens is 289 g/mol. The SMILES string of the molecule is OC(CNc1ccc(Br)cc1F)c1ccco1. The maximum atomic E-state index is 13.4. The molecule has 2 N–H and O–H groups in total. The molecule has 90 valence electrons. The highest BCUT2D eigenvalue weighted by Gasteiger charge is 2.11. The summed E-state index contributed by atoms with van der Waals surface area (Å²) in [5, 5.41) is 12.6. The van der Waals surface area contributed by atoms with Gasteiger partial charge in [-0.25, -0.2) is 4.39 Å². The van der Waals surface area contributed by atoms with Crippen molar-refractivity contribution in [1.29, 1.82) is 0 Å². The molecule has 17 heavy (non-hydrogen) atoms. The number of halogens is 2. The van der Waals surface area contributed by atoms with Gasteiger partial charge in [-0.05, 0) is 30.3 Å². The molecule has 2 aromatic rings. The summed E-state index contributed by atoms with van der Waals surface area (Å²) in [6, 6.07) is 8.06. The Balaban J connectivity index is 1.98. The zero-order valence-corrected chi connectivity index (χ0v) is 10.4. The van der Waals surface area contributed by atoms with E-state index in [9.17, 15) is 9.50 Å². The van der Waals surface area contributed by atoms with Crippen LogP contribution in [0.4, 0.5) is 10.1 Å². The third-order valence-corrected chi connectivity index (χ3v) is 2.78. The maximum Gasteiger partial charge on any atom is 0.147 e. The Hall–Kier alpha value is -1.33. The molecule has 1 aromatic carbocycles. The van der Waals surface area contributed by atoms with Crippen LogP contribution in [0.5, 0.6) is 0 Å². The lowest BCUT2D eigenvalue weighted by Gasteiger charge is -2.11.